The third kappa shape index (κ3) is 7.80. The molecule has 1 aromatic carbocycles. The van der Waals surface area contributed by atoms with Gasteiger partial charge in [0.15, 0.2) is 0 Å². The number of morpholine rings is 1. The molecule has 0 spiro atoms. The van der Waals surface area contributed by atoms with Crippen LogP contribution in [-0.2, 0) is 25.2 Å². The highest BCUT2D eigenvalue weighted by molar-refractivity contribution is 7.18. The number of aliphatic hydroxyl groups is 1. The zero-order valence-electron chi connectivity index (χ0n) is 19.5. The number of nitrogens with zero attached hydrogens (tertiary/aromatic N) is 1. The maximum atomic E-state index is 13.9. The van der Waals surface area contributed by atoms with Gasteiger partial charge in [-0.2, -0.15) is 13.2 Å². The summed E-state index contributed by atoms with van der Waals surface area (Å²) >= 11 is 6.76. The van der Waals surface area contributed by atoms with Crippen LogP contribution in [0.3, 0.4) is 0 Å². The molecule has 16 heteroatoms. The lowest BCUT2D eigenvalue weighted by Gasteiger charge is -2.28. The first-order valence-electron chi connectivity index (χ1n) is 11.0. The maximum Gasteiger partial charge on any atom is 0.418 e. The predicted octanol–water partition coefficient (Wildman–Crippen LogP) is 2.24. The number of rotatable bonds is 9. The maximum absolute atomic E-state index is 13.9. The standard InChI is InChI=1S/C22H22ClF3N4O7S/c23-17-4-3-16(38-17)20(34)27-10-15(29-21(35)37-8-6-31)19(33)28-14-2-1-12(9-13(14)22(24,25)26)30-5-7-36-11-18(30)32/h1-4,9,15,31H,5-8,10-11H2,(H,27,34)(H,28,33)(H,29,35)/t15-/m1/s1. The number of hydrogen-bond donors (Lipinski definition) is 4. The lowest BCUT2D eigenvalue weighted by Crippen LogP contribution is -2.51. The van der Waals surface area contributed by atoms with E-state index < -0.39 is 67.0 Å². The molecule has 0 aliphatic carbocycles. The average molecular weight is 579 g/mol. The molecule has 0 radical (unpaired) electrons. The number of hydrogen-bond acceptors (Lipinski definition) is 8. The molecule has 0 bridgehead atoms. The highest BCUT2D eigenvalue weighted by Crippen LogP contribution is 2.37. The van der Waals surface area contributed by atoms with E-state index in [-0.39, 0.29) is 30.3 Å². The second-order valence-electron chi connectivity index (χ2n) is 7.69. The quantitative estimate of drug-likeness (QED) is 0.357. The van der Waals surface area contributed by atoms with E-state index in [1.54, 1.807) is 0 Å². The molecule has 1 fully saturated rings. The van der Waals surface area contributed by atoms with Crippen LogP contribution >= 0.6 is 22.9 Å². The summed E-state index contributed by atoms with van der Waals surface area (Å²) in [5, 5.41) is 15.5. The van der Waals surface area contributed by atoms with Gasteiger partial charge in [0.05, 0.1) is 33.7 Å². The lowest BCUT2D eigenvalue weighted by molar-refractivity contribution is -0.137. The molecule has 2 aromatic rings. The molecule has 1 atom stereocenters. The van der Waals surface area contributed by atoms with Gasteiger partial charge in [0.1, 0.15) is 19.3 Å². The molecule has 38 heavy (non-hydrogen) atoms. The van der Waals surface area contributed by atoms with E-state index in [9.17, 15) is 32.3 Å². The number of benzene rings is 1. The smallest absolute Gasteiger partial charge is 0.418 e. The number of amides is 4. The second kappa shape index (κ2) is 12.9. The number of alkyl halides is 3. The third-order valence-corrected chi connectivity index (χ3v) is 6.29. The fourth-order valence-electron chi connectivity index (χ4n) is 3.30. The van der Waals surface area contributed by atoms with Crippen molar-refractivity contribution in [3.63, 3.8) is 0 Å². The topological polar surface area (TPSA) is 146 Å². The van der Waals surface area contributed by atoms with Crippen molar-refractivity contribution in [3.8, 4) is 0 Å². The Morgan fingerprint density at radius 2 is 2.00 bits per heavy atom. The molecule has 1 saturated heterocycles. The monoisotopic (exact) mass is 578 g/mol. The van der Waals surface area contributed by atoms with Gasteiger partial charge in [-0.05, 0) is 30.3 Å². The number of carbonyl (C=O) groups excluding carboxylic acids is 4. The molecule has 0 unspecified atom stereocenters. The van der Waals surface area contributed by atoms with E-state index >= 15 is 0 Å². The van der Waals surface area contributed by atoms with E-state index in [0.29, 0.717) is 4.34 Å². The summed E-state index contributed by atoms with van der Waals surface area (Å²) < 4.78 is 51.6. The van der Waals surface area contributed by atoms with Crippen molar-refractivity contribution in [2.45, 2.75) is 12.2 Å². The van der Waals surface area contributed by atoms with E-state index in [2.05, 4.69) is 20.7 Å². The van der Waals surface area contributed by atoms with E-state index in [1.807, 2.05) is 0 Å². The predicted molar refractivity (Wildman–Crippen MR) is 130 cm³/mol. The van der Waals surface area contributed by atoms with Gasteiger partial charge in [0, 0.05) is 18.8 Å². The zero-order chi connectivity index (χ0) is 27.9. The minimum atomic E-state index is -4.91. The second-order valence-corrected chi connectivity index (χ2v) is 9.40. The fourth-order valence-corrected chi connectivity index (χ4v) is 4.26. The largest absolute Gasteiger partial charge is 0.447 e. The summed E-state index contributed by atoms with van der Waals surface area (Å²) in [5.74, 6) is -2.26. The van der Waals surface area contributed by atoms with Gasteiger partial charge in [-0.3, -0.25) is 14.4 Å². The number of halogens is 4. The van der Waals surface area contributed by atoms with Crippen LogP contribution in [0.1, 0.15) is 15.2 Å². The number of nitrogens with one attached hydrogen (secondary N) is 3. The zero-order valence-corrected chi connectivity index (χ0v) is 21.0. The molecule has 1 aliphatic rings. The minimum absolute atomic E-state index is 0.0345. The average Bonchev–Trinajstić information content (AvgIpc) is 3.31. The van der Waals surface area contributed by atoms with Crippen molar-refractivity contribution in [3.05, 3.63) is 45.1 Å². The van der Waals surface area contributed by atoms with Gasteiger partial charge in [-0.25, -0.2) is 4.79 Å². The molecule has 2 heterocycles. The Hall–Kier alpha value is -3.40. The molecule has 3 rings (SSSR count). The molecular weight excluding hydrogens is 557 g/mol. The van der Waals surface area contributed by atoms with Crippen LogP contribution in [-0.4, -0.2) is 74.5 Å². The van der Waals surface area contributed by atoms with Crippen LogP contribution in [0.5, 0.6) is 0 Å². The first kappa shape index (κ1) is 29.2. The number of ether oxygens (including phenoxy) is 2. The number of alkyl carbamates (subject to hydrolysis) is 1. The Morgan fingerprint density at radius 3 is 2.63 bits per heavy atom. The first-order valence-corrected chi connectivity index (χ1v) is 12.2. The summed E-state index contributed by atoms with van der Waals surface area (Å²) in [6, 6.07) is 4.26. The van der Waals surface area contributed by atoms with Gasteiger partial charge >= 0.3 is 12.3 Å². The number of carbonyl (C=O) groups is 4. The molecule has 4 N–H and O–H groups in total. The van der Waals surface area contributed by atoms with E-state index in [0.717, 1.165) is 28.4 Å². The number of aliphatic hydroxyl groups excluding tert-OH is 1. The Labute approximate surface area is 222 Å². The molecule has 11 nitrogen and oxygen atoms in total. The fraction of sp³-hybridized carbons (Fsp3) is 0.364. The summed E-state index contributed by atoms with van der Waals surface area (Å²) in [5.41, 5.74) is -1.91. The van der Waals surface area contributed by atoms with Crippen LogP contribution in [0.4, 0.5) is 29.3 Å². The molecule has 0 saturated carbocycles. The lowest BCUT2D eigenvalue weighted by atomic mass is 10.1. The molecule has 206 valence electrons. The molecule has 1 aliphatic heterocycles. The van der Waals surface area contributed by atoms with E-state index in [4.69, 9.17) is 21.4 Å². The molecule has 1 aromatic heterocycles. The van der Waals surface area contributed by atoms with Crippen molar-refractivity contribution in [1.82, 2.24) is 10.6 Å². The van der Waals surface area contributed by atoms with Gasteiger partial charge in [0.2, 0.25) is 5.91 Å². The third-order valence-electron chi connectivity index (χ3n) is 5.06. The van der Waals surface area contributed by atoms with Gasteiger partial charge in [0.25, 0.3) is 11.8 Å². The van der Waals surface area contributed by atoms with Crippen molar-refractivity contribution in [2.75, 3.05) is 49.7 Å². The van der Waals surface area contributed by atoms with E-state index in [1.165, 1.54) is 18.2 Å². The Kier molecular flexibility index (Phi) is 9.90. The highest BCUT2D eigenvalue weighted by Gasteiger charge is 2.36. The van der Waals surface area contributed by atoms with Gasteiger partial charge in [-0.1, -0.05) is 11.6 Å². The van der Waals surface area contributed by atoms with Crippen molar-refractivity contribution < 1.29 is 46.9 Å². The Morgan fingerprint density at radius 1 is 1.24 bits per heavy atom. The highest BCUT2D eigenvalue weighted by atomic mass is 35.5. The number of anilines is 2. The van der Waals surface area contributed by atoms with Crippen LogP contribution in [0.2, 0.25) is 4.34 Å². The normalized spacial score (nSPS) is 14.6. The van der Waals surface area contributed by atoms with Crippen LogP contribution in [0.25, 0.3) is 0 Å². The minimum Gasteiger partial charge on any atom is -0.447 e. The SMILES string of the molecule is O=C(N[C@H](CNC(=O)c1ccc(Cl)s1)C(=O)Nc1ccc(N2CCOCC2=O)cc1C(F)(F)F)OCCO. The van der Waals surface area contributed by atoms with Gasteiger partial charge in [-0.15, -0.1) is 11.3 Å². The van der Waals surface area contributed by atoms with Crippen LogP contribution in [0.15, 0.2) is 30.3 Å². The van der Waals surface area contributed by atoms with Crippen molar-refractivity contribution >= 4 is 58.1 Å². The van der Waals surface area contributed by atoms with Crippen molar-refractivity contribution in [2.24, 2.45) is 0 Å². The van der Waals surface area contributed by atoms with Crippen molar-refractivity contribution in [1.29, 1.82) is 0 Å². The summed E-state index contributed by atoms with van der Waals surface area (Å²) in [7, 11) is 0. The molecular formula is C22H22ClF3N4O7S. The molecule has 4 amide bonds. The Bertz CT molecular complexity index is 1190. The number of thiophene rings is 1. The summed E-state index contributed by atoms with van der Waals surface area (Å²) in [6.45, 7) is -1.50. The first-order chi connectivity index (χ1) is 18.0. The Balaban J connectivity index is 1.81. The van der Waals surface area contributed by atoms with Gasteiger partial charge < -0.3 is 35.4 Å². The summed E-state index contributed by atoms with van der Waals surface area (Å²) in [6.07, 6.45) is -6.06. The van der Waals surface area contributed by atoms with Crippen LogP contribution < -0.4 is 20.9 Å². The van der Waals surface area contributed by atoms with Crippen LogP contribution in [0, 0.1) is 0 Å². The summed E-state index contributed by atoms with van der Waals surface area (Å²) in [4.78, 5) is 50.7.